The van der Waals surface area contributed by atoms with Gasteiger partial charge in [-0.1, -0.05) is 18.5 Å². The summed E-state index contributed by atoms with van der Waals surface area (Å²) in [5.41, 5.74) is 2.42. The van der Waals surface area contributed by atoms with E-state index in [1.165, 1.54) is 10.4 Å². The molecule has 19 heavy (non-hydrogen) atoms. The molecular formula is C14H20ClN3S. The average molecular weight is 298 g/mol. The van der Waals surface area contributed by atoms with Crippen LogP contribution >= 0.6 is 22.9 Å². The molecule has 3 nitrogen and oxygen atoms in total. The highest BCUT2D eigenvalue weighted by atomic mass is 35.5. The summed E-state index contributed by atoms with van der Waals surface area (Å²) in [6.07, 6.45) is 2.77. The topological polar surface area (TPSA) is 29.9 Å². The largest absolute Gasteiger partial charge is 0.307 e. The number of hydrogen-bond donors (Lipinski definition) is 1. The summed E-state index contributed by atoms with van der Waals surface area (Å²) in [6, 6.07) is 2.59. The van der Waals surface area contributed by atoms with Gasteiger partial charge < -0.3 is 5.32 Å². The van der Waals surface area contributed by atoms with Crippen LogP contribution in [0.4, 0.5) is 0 Å². The van der Waals surface area contributed by atoms with E-state index in [0.717, 1.165) is 17.1 Å². The van der Waals surface area contributed by atoms with Gasteiger partial charge in [0.05, 0.1) is 23.0 Å². The van der Waals surface area contributed by atoms with Crippen LogP contribution in [0.25, 0.3) is 0 Å². The van der Waals surface area contributed by atoms with Crippen molar-refractivity contribution in [3.8, 4) is 0 Å². The summed E-state index contributed by atoms with van der Waals surface area (Å²) < 4.78 is 2.00. The summed E-state index contributed by atoms with van der Waals surface area (Å²) >= 11 is 8.13. The van der Waals surface area contributed by atoms with Crippen molar-refractivity contribution in [1.82, 2.24) is 15.1 Å². The standard InChI is InChI=1S/C14H20ClN3S/c1-5-10-6-7-19-14(10)12(16-4)13-11(15)8-17-18(13)9(2)3/h6-9,12,16H,5H2,1-4H3. The molecule has 0 radical (unpaired) electrons. The van der Waals surface area contributed by atoms with Gasteiger partial charge in [0.15, 0.2) is 0 Å². The maximum atomic E-state index is 6.36. The van der Waals surface area contributed by atoms with Crippen LogP contribution in [0.1, 0.15) is 49.0 Å². The fraction of sp³-hybridized carbons (Fsp3) is 0.500. The number of nitrogens with one attached hydrogen (secondary N) is 1. The number of rotatable bonds is 5. The van der Waals surface area contributed by atoms with Gasteiger partial charge in [-0.2, -0.15) is 5.10 Å². The molecule has 1 atom stereocenters. The van der Waals surface area contributed by atoms with Gasteiger partial charge in [-0.05, 0) is 44.3 Å². The molecule has 0 saturated carbocycles. The first kappa shape index (κ1) is 14.6. The van der Waals surface area contributed by atoms with E-state index < -0.39 is 0 Å². The lowest BCUT2D eigenvalue weighted by Gasteiger charge is -2.20. The van der Waals surface area contributed by atoms with Crippen LogP contribution < -0.4 is 5.32 Å². The SMILES string of the molecule is CCc1ccsc1C(NC)c1c(Cl)cnn1C(C)C. The lowest BCUT2D eigenvalue weighted by molar-refractivity contribution is 0.485. The number of aryl methyl sites for hydroxylation is 1. The lowest BCUT2D eigenvalue weighted by atomic mass is 10.1. The predicted octanol–water partition coefficient (Wildman–Crippen LogP) is 4.05. The molecule has 0 saturated heterocycles. The number of halogens is 1. The molecule has 0 bridgehead atoms. The van der Waals surface area contributed by atoms with Gasteiger partial charge in [0.25, 0.3) is 0 Å². The van der Waals surface area contributed by atoms with Gasteiger partial charge in [0.1, 0.15) is 0 Å². The third-order valence-electron chi connectivity index (χ3n) is 3.26. The van der Waals surface area contributed by atoms with Gasteiger partial charge in [-0.25, -0.2) is 0 Å². The summed E-state index contributed by atoms with van der Waals surface area (Å²) in [5.74, 6) is 0. The third kappa shape index (κ3) is 2.71. The molecule has 1 N–H and O–H groups in total. The molecule has 104 valence electrons. The normalized spacial score (nSPS) is 13.2. The maximum absolute atomic E-state index is 6.36. The Morgan fingerprint density at radius 3 is 2.79 bits per heavy atom. The summed E-state index contributed by atoms with van der Waals surface area (Å²) in [7, 11) is 1.97. The van der Waals surface area contributed by atoms with Crippen molar-refractivity contribution >= 4 is 22.9 Å². The second-order valence-electron chi connectivity index (χ2n) is 4.80. The highest BCUT2D eigenvalue weighted by Gasteiger charge is 2.24. The minimum absolute atomic E-state index is 0.104. The van der Waals surface area contributed by atoms with Crippen molar-refractivity contribution in [3.05, 3.63) is 38.8 Å². The van der Waals surface area contributed by atoms with Crippen LogP contribution in [0.2, 0.25) is 5.02 Å². The van der Waals surface area contributed by atoms with E-state index in [-0.39, 0.29) is 6.04 Å². The molecule has 0 amide bonds. The first-order valence-corrected chi connectivity index (χ1v) is 7.82. The van der Waals surface area contributed by atoms with Crippen molar-refractivity contribution in [1.29, 1.82) is 0 Å². The highest BCUT2D eigenvalue weighted by molar-refractivity contribution is 7.10. The van der Waals surface area contributed by atoms with Gasteiger partial charge >= 0.3 is 0 Å². The zero-order chi connectivity index (χ0) is 14.0. The van der Waals surface area contributed by atoms with Crippen LogP contribution in [0.15, 0.2) is 17.6 Å². The van der Waals surface area contributed by atoms with E-state index >= 15 is 0 Å². The fourth-order valence-electron chi connectivity index (χ4n) is 2.32. The number of nitrogens with zero attached hydrogens (tertiary/aromatic N) is 2. The summed E-state index contributed by atoms with van der Waals surface area (Å²) in [4.78, 5) is 1.33. The maximum Gasteiger partial charge on any atom is 0.0857 e. The Labute approximate surface area is 123 Å². The first-order chi connectivity index (χ1) is 9.10. The van der Waals surface area contributed by atoms with Crippen molar-refractivity contribution in [3.63, 3.8) is 0 Å². The monoisotopic (exact) mass is 297 g/mol. The molecule has 0 fully saturated rings. The molecule has 2 aromatic rings. The third-order valence-corrected chi connectivity index (χ3v) is 4.58. The molecule has 0 aromatic carbocycles. The van der Waals surface area contributed by atoms with Crippen molar-refractivity contribution in [2.45, 2.75) is 39.3 Å². The Kier molecular flexibility index (Phi) is 4.66. The number of thiophene rings is 1. The van der Waals surface area contributed by atoms with Crippen LogP contribution in [-0.4, -0.2) is 16.8 Å². The molecule has 1 unspecified atom stereocenters. The van der Waals surface area contributed by atoms with Crippen molar-refractivity contribution in [2.24, 2.45) is 0 Å². The van der Waals surface area contributed by atoms with Gasteiger partial charge in [-0.3, -0.25) is 4.68 Å². The van der Waals surface area contributed by atoms with Crippen molar-refractivity contribution in [2.75, 3.05) is 7.05 Å². The lowest BCUT2D eigenvalue weighted by Crippen LogP contribution is -2.22. The van der Waals surface area contributed by atoms with E-state index in [4.69, 9.17) is 11.6 Å². The Hall–Kier alpha value is -0.840. The second-order valence-corrected chi connectivity index (χ2v) is 6.16. The second kappa shape index (κ2) is 6.07. The molecular weight excluding hydrogens is 278 g/mol. The Morgan fingerprint density at radius 2 is 2.21 bits per heavy atom. The molecule has 0 spiro atoms. The van der Waals surface area contributed by atoms with Crippen LogP contribution in [0.5, 0.6) is 0 Å². The van der Waals surface area contributed by atoms with Gasteiger partial charge in [0.2, 0.25) is 0 Å². The molecule has 2 heterocycles. The first-order valence-electron chi connectivity index (χ1n) is 6.56. The molecule has 2 rings (SSSR count). The van der Waals surface area contributed by atoms with E-state index in [0.29, 0.717) is 6.04 Å². The quantitative estimate of drug-likeness (QED) is 0.902. The molecule has 5 heteroatoms. The molecule has 0 aliphatic rings. The summed E-state index contributed by atoms with van der Waals surface area (Å²) in [6.45, 7) is 6.42. The molecule has 2 aromatic heterocycles. The van der Waals surface area contributed by atoms with E-state index in [1.54, 1.807) is 17.5 Å². The van der Waals surface area contributed by atoms with Crippen LogP contribution in [-0.2, 0) is 6.42 Å². The van der Waals surface area contributed by atoms with E-state index in [9.17, 15) is 0 Å². The zero-order valence-electron chi connectivity index (χ0n) is 11.8. The smallest absolute Gasteiger partial charge is 0.0857 e. The number of aromatic nitrogens is 2. The van der Waals surface area contributed by atoms with Crippen LogP contribution in [0.3, 0.4) is 0 Å². The number of hydrogen-bond acceptors (Lipinski definition) is 3. The average Bonchev–Trinajstić information content (AvgIpc) is 2.98. The Morgan fingerprint density at radius 1 is 1.47 bits per heavy atom. The highest BCUT2D eigenvalue weighted by Crippen LogP contribution is 2.34. The van der Waals surface area contributed by atoms with Crippen LogP contribution in [0, 0.1) is 0 Å². The molecule has 0 aliphatic heterocycles. The Balaban J connectivity index is 2.51. The van der Waals surface area contributed by atoms with E-state index in [2.05, 4.69) is 42.6 Å². The van der Waals surface area contributed by atoms with Gasteiger partial charge in [-0.15, -0.1) is 11.3 Å². The predicted molar refractivity (Wildman–Crippen MR) is 82.2 cm³/mol. The minimum Gasteiger partial charge on any atom is -0.307 e. The Bertz CT molecular complexity index is 545. The minimum atomic E-state index is 0.104. The summed E-state index contributed by atoms with van der Waals surface area (Å²) in [5, 5.41) is 10.6. The van der Waals surface area contributed by atoms with E-state index in [1.807, 2.05) is 11.7 Å². The zero-order valence-corrected chi connectivity index (χ0v) is 13.3. The fourth-order valence-corrected chi connectivity index (χ4v) is 3.66. The van der Waals surface area contributed by atoms with Crippen molar-refractivity contribution < 1.29 is 0 Å². The van der Waals surface area contributed by atoms with Gasteiger partial charge in [0, 0.05) is 10.9 Å². The molecule has 0 aliphatic carbocycles.